The van der Waals surface area contributed by atoms with E-state index >= 15 is 0 Å². The summed E-state index contributed by atoms with van der Waals surface area (Å²) in [6.45, 7) is 3.91. The molecule has 0 radical (unpaired) electrons. The number of amides is 2. The third-order valence-electron chi connectivity index (χ3n) is 4.41. The van der Waals surface area contributed by atoms with Crippen LogP contribution in [0.1, 0.15) is 26.2 Å². The van der Waals surface area contributed by atoms with Gasteiger partial charge in [-0.2, -0.15) is 0 Å². The maximum absolute atomic E-state index is 12.5. The molecule has 2 heterocycles. The topological polar surface area (TPSA) is 85.8 Å². The van der Waals surface area contributed by atoms with Gasteiger partial charge in [0, 0.05) is 31.0 Å². The number of hydrogen-bond donors (Lipinski definition) is 1. The van der Waals surface area contributed by atoms with E-state index in [1.807, 2.05) is 24.3 Å². The molecule has 1 aliphatic rings. The molecule has 28 heavy (non-hydrogen) atoms. The third-order valence-corrected chi connectivity index (χ3v) is 4.41. The lowest BCUT2D eigenvalue weighted by molar-refractivity contribution is 0.182. The molecular weight excluding hydrogens is 360 g/mol. The lowest BCUT2D eigenvalue weighted by Crippen LogP contribution is -2.34. The first-order chi connectivity index (χ1) is 13.7. The number of benzene rings is 1. The van der Waals surface area contributed by atoms with Gasteiger partial charge in [-0.3, -0.25) is 0 Å². The molecule has 1 unspecified atom stereocenters. The van der Waals surface area contributed by atoms with Gasteiger partial charge in [-0.15, -0.1) is 0 Å². The van der Waals surface area contributed by atoms with Crippen LogP contribution >= 0.6 is 0 Å². The summed E-state index contributed by atoms with van der Waals surface area (Å²) in [4.78, 5) is 22.4. The minimum Gasteiger partial charge on any atom is -0.494 e. The zero-order valence-electron chi connectivity index (χ0n) is 16.3. The number of carbonyl (C=O) groups excluding carboxylic acids is 1. The summed E-state index contributed by atoms with van der Waals surface area (Å²) in [5, 5.41) is 2.91. The van der Waals surface area contributed by atoms with Gasteiger partial charge in [-0.1, -0.05) is 13.3 Å². The highest BCUT2D eigenvalue weighted by Gasteiger charge is 2.29. The van der Waals surface area contributed by atoms with Crippen LogP contribution in [-0.2, 0) is 0 Å². The Hall–Kier alpha value is -3.03. The van der Waals surface area contributed by atoms with Crippen LogP contribution < -0.4 is 19.5 Å². The van der Waals surface area contributed by atoms with Crippen LogP contribution in [0.3, 0.4) is 0 Å². The van der Waals surface area contributed by atoms with Crippen LogP contribution in [0.15, 0.2) is 36.7 Å². The van der Waals surface area contributed by atoms with Crippen molar-refractivity contribution in [1.29, 1.82) is 0 Å². The summed E-state index contributed by atoms with van der Waals surface area (Å²) < 4.78 is 16.6. The largest absolute Gasteiger partial charge is 0.494 e. The van der Waals surface area contributed by atoms with Gasteiger partial charge >= 0.3 is 6.03 Å². The Morgan fingerprint density at radius 3 is 2.68 bits per heavy atom. The summed E-state index contributed by atoms with van der Waals surface area (Å²) >= 11 is 0. The van der Waals surface area contributed by atoms with Gasteiger partial charge in [0.15, 0.2) is 0 Å². The van der Waals surface area contributed by atoms with Gasteiger partial charge in [0.1, 0.15) is 11.9 Å². The Morgan fingerprint density at radius 1 is 1.21 bits per heavy atom. The number of ether oxygens (including phenoxy) is 3. The number of nitrogens with zero attached hydrogens (tertiary/aromatic N) is 3. The fraction of sp³-hybridized carbons (Fsp3) is 0.450. The number of anilines is 1. The number of unbranched alkanes of at least 4 members (excludes halogenated alkanes) is 1. The van der Waals surface area contributed by atoms with Crippen molar-refractivity contribution in [2.24, 2.45) is 0 Å². The zero-order valence-corrected chi connectivity index (χ0v) is 16.3. The van der Waals surface area contributed by atoms with Crippen molar-refractivity contribution in [2.75, 3.05) is 32.1 Å². The van der Waals surface area contributed by atoms with E-state index in [9.17, 15) is 4.79 Å². The lowest BCUT2D eigenvalue weighted by Gasteiger charge is -2.18. The van der Waals surface area contributed by atoms with Crippen LogP contribution in [0.2, 0.25) is 0 Å². The molecule has 3 rings (SSSR count). The van der Waals surface area contributed by atoms with E-state index in [0.29, 0.717) is 31.5 Å². The summed E-state index contributed by atoms with van der Waals surface area (Å²) in [6, 6.07) is 7.25. The maximum Gasteiger partial charge on any atom is 0.321 e. The monoisotopic (exact) mass is 386 g/mol. The van der Waals surface area contributed by atoms with Crippen LogP contribution in [0.25, 0.3) is 0 Å². The van der Waals surface area contributed by atoms with E-state index in [-0.39, 0.29) is 12.1 Å². The number of carbonyl (C=O) groups is 1. The Labute approximate surface area is 164 Å². The van der Waals surface area contributed by atoms with E-state index in [1.165, 1.54) is 7.11 Å². The molecule has 8 heteroatoms. The molecule has 8 nitrogen and oxygen atoms in total. The predicted octanol–water partition coefficient (Wildman–Crippen LogP) is 3.35. The van der Waals surface area contributed by atoms with E-state index in [0.717, 1.165) is 30.7 Å². The fourth-order valence-electron chi connectivity index (χ4n) is 2.87. The number of likely N-dealkylation sites (tertiary alicyclic amines) is 1. The lowest BCUT2D eigenvalue weighted by atomic mass is 10.3. The second-order valence-corrected chi connectivity index (χ2v) is 6.50. The van der Waals surface area contributed by atoms with Crippen molar-refractivity contribution in [3.05, 3.63) is 36.7 Å². The van der Waals surface area contributed by atoms with Crippen molar-refractivity contribution in [2.45, 2.75) is 32.3 Å². The van der Waals surface area contributed by atoms with Gasteiger partial charge < -0.3 is 24.4 Å². The van der Waals surface area contributed by atoms with Crippen LogP contribution in [0.4, 0.5) is 10.5 Å². The minimum absolute atomic E-state index is 0.148. The number of urea groups is 1. The molecule has 1 saturated heterocycles. The molecule has 0 bridgehead atoms. The summed E-state index contributed by atoms with van der Waals surface area (Å²) in [5.74, 6) is 1.49. The quantitative estimate of drug-likeness (QED) is 0.700. The highest BCUT2D eigenvalue weighted by atomic mass is 16.5. The van der Waals surface area contributed by atoms with Gasteiger partial charge in [-0.25, -0.2) is 14.8 Å². The Balaban J connectivity index is 1.49. The van der Waals surface area contributed by atoms with Crippen molar-refractivity contribution < 1.29 is 19.0 Å². The van der Waals surface area contributed by atoms with Crippen molar-refractivity contribution in [3.63, 3.8) is 0 Å². The molecule has 1 N–H and O–H groups in total. The van der Waals surface area contributed by atoms with E-state index < -0.39 is 0 Å². The maximum atomic E-state index is 12.5. The average Bonchev–Trinajstić information content (AvgIpc) is 3.19. The molecule has 1 aromatic carbocycles. The molecule has 0 saturated carbocycles. The summed E-state index contributed by atoms with van der Waals surface area (Å²) in [7, 11) is 1.52. The summed E-state index contributed by atoms with van der Waals surface area (Å²) in [5.41, 5.74) is 0.729. The van der Waals surface area contributed by atoms with Crippen LogP contribution in [-0.4, -0.2) is 53.8 Å². The predicted molar refractivity (Wildman–Crippen MR) is 105 cm³/mol. The highest BCUT2D eigenvalue weighted by Crippen LogP contribution is 2.24. The Bertz CT molecular complexity index is 769. The molecule has 1 aliphatic heterocycles. The van der Waals surface area contributed by atoms with E-state index in [1.54, 1.807) is 17.3 Å². The Kier molecular flexibility index (Phi) is 6.89. The summed E-state index contributed by atoms with van der Waals surface area (Å²) in [6.07, 6.45) is 5.78. The van der Waals surface area contributed by atoms with E-state index in [4.69, 9.17) is 14.2 Å². The number of rotatable bonds is 8. The van der Waals surface area contributed by atoms with Crippen molar-refractivity contribution in [3.8, 4) is 17.5 Å². The second-order valence-electron chi connectivity index (χ2n) is 6.50. The fourth-order valence-corrected chi connectivity index (χ4v) is 2.87. The Morgan fingerprint density at radius 2 is 1.96 bits per heavy atom. The molecule has 1 aromatic heterocycles. The molecule has 1 atom stereocenters. The third kappa shape index (κ3) is 5.25. The first-order valence-electron chi connectivity index (χ1n) is 9.50. The molecule has 150 valence electrons. The molecule has 0 spiro atoms. The standard InChI is InChI=1S/C20H26N4O4/c1-3-4-13-27-16-7-5-15(6-8-16)23-20(25)24-12-9-17(14-24)28-19-18(26-2)21-10-11-22-19/h5-8,10-11,17H,3-4,9,12-14H2,1-2H3,(H,23,25). The average molecular weight is 386 g/mol. The molecule has 2 amide bonds. The van der Waals surface area contributed by atoms with Gasteiger partial charge in [0.05, 0.1) is 20.3 Å². The van der Waals surface area contributed by atoms with Gasteiger partial charge in [0.25, 0.3) is 11.8 Å². The van der Waals surface area contributed by atoms with Gasteiger partial charge in [-0.05, 0) is 30.7 Å². The molecule has 2 aromatic rings. The highest BCUT2D eigenvalue weighted by molar-refractivity contribution is 5.89. The van der Waals surface area contributed by atoms with Crippen molar-refractivity contribution >= 4 is 11.7 Å². The SMILES string of the molecule is CCCCOc1ccc(NC(=O)N2CCC(Oc3nccnc3OC)C2)cc1. The second kappa shape index (κ2) is 9.77. The molecule has 0 aliphatic carbocycles. The number of methoxy groups -OCH3 is 1. The van der Waals surface area contributed by atoms with E-state index in [2.05, 4.69) is 22.2 Å². The normalized spacial score (nSPS) is 15.9. The first-order valence-corrected chi connectivity index (χ1v) is 9.50. The zero-order chi connectivity index (χ0) is 19.8. The van der Waals surface area contributed by atoms with Crippen LogP contribution in [0, 0.1) is 0 Å². The number of nitrogens with one attached hydrogen (secondary N) is 1. The van der Waals surface area contributed by atoms with Crippen LogP contribution in [0.5, 0.6) is 17.5 Å². The van der Waals surface area contributed by atoms with Gasteiger partial charge in [0.2, 0.25) is 0 Å². The molecule has 1 fully saturated rings. The minimum atomic E-state index is -0.156. The first kappa shape index (κ1) is 19.7. The molecular formula is C20H26N4O4. The van der Waals surface area contributed by atoms with Crippen molar-refractivity contribution in [1.82, 2.24) is 14.9 Å². The number of hydrogen-bond acceptors (Lipinski definition) is 6. The number of aromatic nitrogens is 2. The smallest absolute Gasteiger partial charge is 0.321 e.